The lowest BCUT2D eigenvalue weighted by atomic mass is 10.1. The van der Waals surface area contributed by atoms with E-state index < -0.39 is 0 Å². The van der Waals surface area contributed by atoms with E-state index in [-0.39, 0.29) is 11.6 Å². The zero-order valence-electron chi connectivity index (χ0n) is 10.3. The molecule has 0 radical (unpaired) electrons. The molecular formula is C13H18FNO2. The Morgan fingerprint density at radius 2 is 2.00 bits per heavy atom. The lowest BCUT2D eigenvalue weighted by molar-refractivity contribution is -0.119. The molecule has 0 aliphatic rings. The van der Waals surface area contributed by atoms with E-state index in [0.29, 0.717) is 19.6 Å². The van der Waals surface area contributed by atoms with Crippen molar-refractivity contribution in [2.24, 2.45) is 0 Å². The van der Waals surface area contributed by atoms with Gasteiger partial charge >= 0.3 is 0 Å². The number of nitrogens with zero attached hydrogens (tertiary/aromatic N) is 1. The molecule has 0 aliphatic carbocycles. The summed E-state index contributed by atoms with van der Waals surface area (Å²) in [6.45, 7) is 1.73. The molecule has 0 spiro atoms. The molecule has 0 aromatic heterocycles. The molecule has 0 bridgehead atoms. The largest absolute Gasteiger partial charge is 0.383 e. The Kier molecular flexibility index (Phi) is 5.80. The van der Waals surface area contributed by atoms with Gasteiger partial charge in [-0.2, -0.15) is 0 Å². The zero-order chi connectivity index (χ0) is 12.7. The third kappa shape index (κ3) is 5.56. The molecule has 3 nitrogen and oxygen atoms in total. The fourth-order valence-corrected chi connectivity index (χ4v) is 1.51. The van der Waals surface area contributed by atoms with E-state index in [0.717, 1.165) is 12.1 Å². The molecule has 0 fully saturated rings. The quantitative estimate of drug-likeness (QED) is 0.722. The van der Waals surface area contributed by atoms with Gasteiger partial charge in [0.25, 0.3) is 0 Å². The molecular weight excluding hydrogens is 221 g/mol. The monoisotopic (exact) mass is 239 g/mol. The molecule has 0 saturated carbocycles. The van der Waals surface area contributed by atoms with Gasteiger partial charge < -0.3 is 4.74 Å². The minimum absolute atomic E-state index is 0.121. The van der Waals surface area contributed by atoms with Crippen LogP contribution in [0.3, 0.4) is 0 Å². The highest BCUT2D eigenvalue weighted by Crippen LogP contribution is 2.04. The van der Waals surface area contributed by atoms with Crippen LogP contribution in [0.5, 0.6) is 0 Å². The van der Waals surface area contributed by atoms with Crippen molar-refractivity contribution < 1.29 is 13.9 Å². The molecule has 0 aliphatic heterocycles. The summed E-state index contributed by atoms with van der Waals surface area (Å²) in [5, 5.41) is 0. The lowest BCUT2D eigenvalue weighted by Crippen LogP contribution is -2.29. The summed E-state index contributed by atoms with van der Waals surface area (Å²) in [4.78, 5) is 13.6. The van der Waals surface area contributed by atoms with Crippen LogP contribution in [0.2, 0.25) is 0 Å². The molecule has 0 amide bonds. The van der Waals surface area contributed by atoms with Crippen LogP contribution >= 0.6 is 0 Å². The maximum atomic E-state index is 12.7. The summed E-state index contributed by atoms with van der Waals surface area (Å²) >= 11 is 0. The molecule has 0 heterocycles. The van der Waals surface area contributed by atoms with E-state index in [2.05, 4.69) is 0 Å². The predicted octanol–water partition coefficient (Wildman–Crippen LogP) is 1.52. The van der Waals surface area contributed by atoms with Crippen molar-refractivity contribution in [2.45, 2.75) is 6.42 Å². The number of likely N-dealkylation sites (N-methyl/N-ethyl adjacent to an activating group) is 1. The summed E-state index contributed by atoms with van der Waals surface area (Å²) in [7, 11) is 3.51. The minimum Gasteiger partial charge on any atom is -0.383 e. The first kappa shape index (κ1) is 13.8. The first-order chi connectivity index (χ1) is 8.11. The zero-order valence-corrected chi connectivity index (χ0v) is 10.3. The molecule has 4 heteroatoms. The Hall–Kier alpha value is -1.26. The number of hydrogen-bond donors (Lipinski definition) is 0. The highest BCUT2D eigenvalue weighted by Gasteiger charge is 2.07. The van der Waals surface area contributed by atoms with E-state index in [1.54, 1.807) is 19.2 Å². The van der Waals surface area contributed by atoms with E-state index in [9.17, 15) is 9.18 Å². The first-order valence-corrected chi connectivity index (χ1v) is 5.55. The summed E-state index contributed by atoms with van der Waals surface area (Å²) in [6, 6.07) is 6.03. The van der Waals surface area contributed by atoms with E-state index in [1.807, 2.05) is 11.9 Å². The van der Waals surface area contributed by atoms with Gasteiger partial charge in [-0.3, -0.25) is 9.69 Å². The molecule has 0 atom stereocenters. The van der Waals surface area contributed by atoms with Crippen LogP contribution in [0.25, 0.3) is 0 Å². The number of Topliss-reactive ketones (excluding diaryl/α,β-unsaturated/α-hetero) is 1. The summed E-state index contributed by atoms with van der Waals surface area (Å²) in [5.41, 5.74) is 0.844. The molecule has 1 rings (SSSR count). The maximum Gasteiger partial charge on any atom is 0.151 e. The fraction of sp³-hybridized carbons (Fsp3) is 0.462. The van der Waals surface area contributed by atoms with Crippen LogP contribution in [0.15, 0.2) is 24.3 Å². The third-order valence-corrected chi connectivity index (χ3v) is 2.44. The average molecular weight is 239 g/mol. The van der Waals surface area contributed by atoms with E-state index in [4.69, 9.17) is 4.74 Å². The van der Waals surface area contributed by atoms with Crippen LogP contribution in [0, 0.1) is 5.82 Å². The lowest BCUT2D eigenvalue weighted by Gasteiger charge is -2.14. The van der Waals surface area contributed by atoms with Crippen molar-refractivity contribution in [3.05, 3.63) is 35.6 Å². The van der Waals surface area contributed by atoms with Gasteiger partial charge in [0.1, 0.15) is 5.82 Å². The molecule has 0 saturated heterocycles. The molecule has 0 N–H and O–H groups in total. The van der Waals surface area contributed by atoms with Crippen LogP contribution in [-0.2, 0) is 16.0 Å². The third-order valence-electron chi connectivity index (χ3n) is 2.44. The SMILES string of the molecule is COCCN(C)CC(=O)Cc1ccc(F)cc1. The minimum atomic E-state index is -0.279. The molecule has 1 aromatic carbocycles. The fourth-order valence-electron chi connectivity index (χ4n) is 1.51. The standard InChI is InChI=1S/C13H18FNO2/c1-15(7-8-17-2)10-13(16)9-11-3-5-12(14)6-4-11/h3-6H,7-10H2,1-2H3. The Labute approximate surface area is 101 Å². The number of ether oxygens (including phenoxy) is 1. The maximum absolute atomic E-state index is 12.7. The van der Waals surface area contributed by atoms with E-state index in [1.165, 1.54) is 12.1 Å². The molecule has 0 unspecified atom stereocenters. The Morgan fingerprint density at radius 3 is 2.59 bits per heavy atom. The van der Waals surface area contributed by atoms with Gasteiger partial charge in [0.15, 0.2) is 5.78 Å². The number of carbonyl (C=O) groups is 1. The van der Waals surface area contributed by atoms with Crippen LogP contribution in [0.1, 0.15) is 5.56 Å². The van der Waals surface area contributed by atoms with Crippen molar-refractivity contribution in [1.29, 1.82) is 0 Å². The van der Waals surface area contributed by atoms with Crippen molar-refractivity contribution in [3.63, 3.8) is 0 Å². The molecule has 94 valence electrons. The Morgan fingerprint density at radius 1 is 1.35 bits per heavy atom. The van der Waals surface area contributed by atoms with Crippen LogP contribution in [-0.4, -0.2) is 44.5 Å². The van der Waals surface area contributed by atoms with Gasteiger partial charge in [-0.1, -0.05) is 12.1 Å². The topological polar surface area (TPSA) is 29.5 Å². The Bertz CT molecular complexity index is 351. The highest BCUT2D eigenvalue weighted by atomic mass is 19.1. The van der Waals surface area contributed by atoms with Crippen molar-refractivity contribution in [2.75, 3.05) is 33.9 Å². The van der Waals surface area contributed by atoms with Crippen molar-refractivity contribution in [1.82, 2.24) is 4.90 Å². The van der Waals surface area contributed by atoms with Gasteiger partial charge in [0, 0.05) is 20.1 Å². The van der Waals surface area contributed by atoms with E-state index >= 15 is 0 Å². The number of halogens is 1. The van der Waals surface area contributed by atoms with Crippen LogP contribution in [0.4, 0.5) is 4.39 Å². The second-order valence-electron chi connectivity index (χ2n) is 4.07. The number of methoxy groups -OCH3 is 1. The second kappa shape index (κ2) is 7.14. The first-order valence-electron chi connectivity index (χ1n) is 5.55. The number of benzene rings is 1. The van der Waals surface area contributed by atoms with Crippen molar-refractivity contribution >= 4 is 5.78 Å². The predicted molar refractivity (Wildman–Crippen MR) is 64.5 cm³/mol. The van der Waals surface area contributed by atoms with Crippen LogP contribution < -0.4 is 0 Å². The highest BCUT2D eigenvalue weighted by molar-refractivity contribution is 5.82. The normalized spacial score (nSPS) is 10.8. The molecule has 1 aromatic rings. The summed E-state index contributed by atoms with van der Waals surface area (Å²) in [5.74, 6) is -0.159. The van der Waals surface area contributed by atoms with Crippen molar-refractivity contribution in [3.8, 4) is 0 Å². The van der Waals surface area contributed by atoms with Gasteiger partial charge in [-0.15, -0.1) is 0 Å². The van der Waals surface area contributed by atoms with Gasteiger partial charge in [0.2, 0.25) is 0 Å². The number of hydrogen-bond acceptors (Lipinski definition) is 3. The van der Waals surface area contributed by atoms with Gasteiger partial charge in [-0.05, 0) is 24.7 Å². The summed E-state index contributed by atoms with van der Waals surface area (Å²) in [6.07, 6.45) is 0.345. The Balaban J connectivity index is 2.36. The molecule has 17 heavy (non-hydrogen) atoms. The van der Waals surface area contributed by atoms with Gasteiger partial charge in [0.05, 0.1) is 13.2 Å². The number of ketones is 1. The average Bonchev–Trinajstić information content (AvgIpc) is 2.29. The second-order valence-corrected chi connectivity index (χ2v) is 4.07. The number of rotatable bonds is 7. The smallest absolute Gasteiger partial charge is 0.151 e. The number of carbonyl (C=O) groups excluding carboxylic acids is 1. The van der Waals surface area contributed by atoms with Gasteiger partial charge in [-0.25, -0.2) is 4.39 Å². The summed E-state index contributed by atoms with van der Waals surface area (Å²) < 4.78 is 17.6.